The fraction of sp³-hybridized carbons (Fsp3) is 0.647. The van der Waals surface area contributed by atoms with Crippen molar-refractivity contribution in [1.82, 2.24) is 5.32 Å². The molecule has 3 unspecified atom stereocenters. The normalized spacial score (nSPS) is 23.8. The van der Waals surface area contributed by atoms with E-state index in [-0.39, 0.29) is 18.2 Å². The van der Waals surface area contributed by atoms with Crippen molar-refractivity contribution >= 4 is 11.6 Å². The second kappa shape index (κ2) is 8.02. The molecular formula is C17H26ClNO2. The van der Waals surface area contributed by atoms with Crippen LogP contribution in [0, 0.1) is 0 Å². The average molecular weight is 312 g/mol. The second-order valence-corrected chi connectivity index (χ2v) is 6.30. The van der Waals surface area contributed by atoms with E-state index in [9.17, 15) is 5.11 Å². The molecule has 0 bridgehead atoms. The lowest BCUT2D eigenvalue weighted by Gasteiger charge is -2.30. The summed E-state index contributed by atoms with van der Waals surface area (Å²) in [6.45, 7) is 5.22. The van der Waals surface area contributed by atoms with Gasteiger partial charge >= 0.3 is 0 Å². The van der Waals surface area contributed by atoms with Crippen LogP contribution in [-0.4, -0.2) is 23.9 Å². The molecule has 1 fully saturated rings. The van der Waals surface area contributed by atoms with Gasteiger partial charge in [0.2, 0.25) is 0 Å². The molecule has 1 aromatic rings. The Morgan fingerprint density at radius 1 is 1.38 bits per heavy atom. The Kier molecular flexibility index (Phi) is 6.34. The predicted molar refractivity (Wildman–Crippen MR) is 87.1 cm³/mol. The zero-order valence-electron chi connectivity index (χ0n) is 12.9. The SMILES string of the molecule is CCCNC(C)c1cc(Cl)ccc1OC1CCCCC1O. The summed E-state index contributed by atoms with van der Waals surface area (Å²) < 4.78 is 6.11. The largest absolute Gasteiger partial charge is 0.487 e. The molecule has 0 radical (unpaired) electrons. The van der Waals surface area contributed by atoms with Gasteiger partial charge in [0.05, 0.1) is 6.10 Å². The fourth-order valence-electron chi connectivity index (χ4n) is 2.81. The molecule has 2 N–H and O–H groups in total. The minimum absolute atomic E-state index is 0.1000. The summed E-state index contributed by atoms with van der Waals surface area (Å²) in [7, 11) is 0. The second-order valence-electron chi connectivity index (χ2n) is 5.87. The van der Waals surface area contributed by atoms with Crippen molar-refractivity contribution in [3.05, 3.63) is 28.8 Å². The number of hydrogen-bond acceptors (Lipinski definition) is 3. The number of hydrogen-bond donors (Lipinski definition) is 2. The minimum atomic E-state index is -0.360. The van der Waals surface area contributed by atoms with Gasteiger partial charge in [0.25, 0.3) is 0 Å². The Morgan fingerprint density at radius 3 is 2.86 bits per heavy atom. The first-order chi connectivity index (χ1) is 10.1. The van der Waals surface area contributed by atoms with Crippen molar-refractivity contribution in [3.63, 3.8) is 0 Å². The predicted octanol–water partition coefficient (Wildman–Crippen LogP) is 4.08. The first-order valence-corrected chi connectivity index (χ1v) is 8.37. The highest BCUT2D eigenvalue weighted by Gasteiger charge is 2.26. The van der Waals surface area contributed by atoms with Gasteiger partial charge in [-0.3, -0.25) is 0 Å². The maximum absolute atomic E-state index is 10.1. The number of benzene rings is 1. The van der Waals surface area contributed by atoms with Gasteiger partial charge in [-0.05, 0) is 57.4 Å². The van der Waals surface area contributed by atoms with Crippen LogP contribution < -0.4 is 10.1 Å². The van der Waals surface area contributed by atoms with Crippen molar-refractivity contribution < 1.29 is 9.84 Å². The van der Waals surface area contributed by atoms with Crippen molar-refractivity contribution in [2.24, 2.45) is 0 Å². The smallest absolute Gasteiger partial charge is 0.124 e. The number of rotatable bonds is 6. The zero-order chi connectivity index (χ0) is 15.2. The van der Waals surface area contributed by atoms with E-state index in [4.69, 9.17) is 16.3 Å². The molecule has 0 spiro atoms. The number of ether oxygens (including phenoxy) is 1. The van der Waals surface area contributed by atoms with Crippen LogP contribution in [-0.2, 0) is 0 Å². The Balaban J connectivity index is 2.13. The van der Waals surface area contributed by atoms with E-state index < -0.39 is 0 Å². The number of aliphatic hydroxyl groups excluding tert-OH is 1. The number of nitrogens with one attached hydrogen (secondary N) is 1. The summed E-state index contributed by atoms with van der Waals surface area (Å²) in [5.74, 6) is 0.835. The fourth-order valence-corrected chi connectivity index (χ4v) is 2.99. The van der Waals surface area contributed by atoms with E-state index in [2.05, 4.69) is 19.2 Å². The molecule has 21 heavy (non-hydrogen) atoms. The van der Waals surface area contributed by atoms with Crippen molar-refractivity contribution in [2.75, 3.05) is 6.54 Å². The van der Waals surface area contributed by atoms with Crippen molar-refractivity contribution in [1.29, 1.82) is 0 Å². The molecule has 0 aliphatic heterocycles. The Bertz CT molecular complexity index is 452. The molecule has 0 aromatic heterocycles. The first-order valence-electron chi connectivity index (χ1n) is 7.99. The lowest BCUT2D eigenvalue weighted by atomic mass is 9.94. The van der Waals surface area contributed by atoms with Crippen LogP contribution in [0.2, 0.25) is 5.02 Å². The number of aliphatic hydroxyl groups is 1. The third-order valence-corrected chi connectivity index (χ3v) is 4.32. The van der Waals surface area contributed by atoms with Crippen LogP contribution in [0.5, 0.6) is 5.75 Å². The molecule has 0 saturated heterocycles. The average Bonchev–Trinajstić information content (AvgIpc) is 2.48. The lowest BCUT2D eigenvalue weighted by Crippen LogP contribution is -2.35. The van der Waals surface area contributed by atoms with Crippen LogP contribution in [0.15, 0.2) is 18.2 Å². The van der Waals surface area contributed by atoms with E-state index in [1.807, 2.05) is 18.2 Å². The van der Waals surface area contributed by atoms with Gasteiger partial charge < -0.3 is 15.2 Å². The third kappa shape index (κ3) is 4.60. The summed E-state index contributed by atoms with van der Waals surface area (Å²) in [6.07, 6.45) is 4.58. The van der Waals surface area contributed by atoms with Gasteiger partial charge in [-0.2, -0.15) is 0 Å². The summed E-state index contributed by atoms with van der Waals surface area (Å²) in [5.41, 5.74) is 1.06. The van der Waals surface area contributed by atoms with Gasteiger partial charge in [0, 0.05) is 16.6 Å². The topological polar surface area (TPSA) is 41.5 Å². The molecule has 4 heteroatoms. The quantitative estimate of drug-likeness (QED) is 0.831. The van der Waals surface area contributed by atoms with Crippen LogP contribution in [0.3, 0.4) is 0 Å². The van der Waals surface area contributed by atoms with Gasteiger partial charge in [-0.1, -0.05) is 24.9 Å². The monoisotopic (exact) mass is 311 g/mol. The molecule has 1 aliphatic rings. The number of halogens is 1. The summed E-state index contributed by atoms with van der Waals surface area (Å²) in [4.78, 5) is 0. The molecular weight excluding hydrogens is 286 g/mol. The molecule has 118 valence electrons. The molecule has 1 aliphatic carbocycles. The van der Waals surface area contributed by atoms with Crippen LogP contribution in [0.1, 0.15) is 57.6 Å². The van der Waals surface area contributed by atoms with Gasteiger partial charge in [0.1, 0.15) is 11.9 Å². The molecule has 1 saturated carbocycles. The highest BCUT2D eigenvalue weighted by Crippen LogP contribution is 2.31. The molecule has 2 rings (SSSR count). The van der Waals surface area contributed by atoms with Crippen molar-refractivity contribution in [2.45, 2.75) is 64.2 Å². The standard InChI is InChI=1S/C17H26ClNO2/c1-3-10-19-12(2)14-11-13(18)8-9-16(14)21-17-7-5-4-6-15(17)20/h8-9,11-12,15,17,19-20H,3-7,10H2,1-2H3. The van der Waals surface area contributed by atoms with Gasteiger partial charge in [0.15, 0.2) is 0 Å². The Morgan fingerprint density at radius 2 is 2.14 bits per heavy atom. The van der Waals surface area contributed by atoms with Crippen LogP contribution in [0.4, 0.5) is 0 Å². The maximum Gasteiger partial charge on any atom is 0.124 e. The van der Waals surface area contributed by atoms with Gasteiger partial charge in [-0.15, -0.1) is 0 Å². The van der Waals surface area contributed by atoms with E-state index >= 15 is 0 Å². The summed E-state index contributed by atoms with van der Waals surface area (Å²) in [6, 6.07) is 5.91. The molecule has 3 atom stereocenters. The summed E-state index contributed by atoms with van der Waals surface area (Å²) in [5, 5.41) is 14.3. The van der Waals surface area contributed by atoms with E-state index in [1.165, 1.54) is 0 Å². The lowest BCUT2D eigenvalue weighted by molar-refractivity contribution is 0.00619. The highest BCUT2D eigenvalue weighted by atomic mass is 35.5. The highest BCUT2D eigenvalue weighted by molar-refractivity contribution is 6.30. The first kappa shape index (κ1) is 16.6. The molecule has 1 aromatic carbocycles. The van der Waals surface area contributed by atoms with E-state index in [0.717, 1.165) is 50.0 Å². The zero-order valence-corrected chi connectivity index (χ0v) is 13.7. The van der Waals surface area contributed by atoms with Crippen molar-refractivity contribution in [3.8, 4) is 5.75 Å². The Labute approximate surface area is 132 Å². The van der Waals surface area contributed by atoms with E-state index in [1.54, 1.807) is 0 Å². The molecule has 3 nitrogen and oxygen atoms in total. The Hall–Kier alpha value is -0.770. The molecule has 0 heterocycles. The van der Waals surface area contributed by atoms with Crippen LogP contribution in [0.25, 0.3) is 0 Å². The van der Waals surface area contributed by atoms with Gasteiger partial charge in [-0.25, -0.2) is 0 Å². The van der Waals surface area contributed by atoms with E-state index in [0.29, 0.717) is 5.02 Å². The minimum Gasteiger partial charge on any atom is -0.487 e. The van der Waals surface area contributed by atoms with Crippen LogP contribution >= 0.6 is 11.6 Å². The maximum atomic E-state index is 10.1. The third-order valence-electron chi connectivity index (χ3n) is 4.08. The molecule has 0 amide bonds. The summed E-state index contributed by atoms with van der Waals surface area (Å²) >= 11 is 6.13.